The molecule has 0 saturated heterocycles. The molecule has 1 aliphatic carbocycles. The zero-order valence-corrected chi connectivity index (χ0v) is 27.0. The predicted molar refractivity (Wildman–Crippen MR) is 202 cm³/mol. The Labute approximate surface area is 281 Å². The van der Waals surface area contributed by atoms with Crippen LogP contribution >= 0.6 is 0 Å². The number of rotatable bonds is 2. The zero-order chi connectivity index (χ0) is 32.4. The maximum atomic E-state index is 6.17. The van der Waals surface area contributed by atoms with Crippen molar-refractivity contribution in [2.45, 2.75) is 19.3 Å². The summed E-state index contributed by atoms with van der Waals surface area (Å²) in [7, 11) is 0. The van der Waals surface area contributed by atoms with E-state index < -0.39 is 0 Å². The molecule has 0 fully saturated rings. The van der Waals surface area contributed by atoms with Crippen LogP contribution in [0.3, 0.4) is 0 Å². The largest absolute Gasteiger partial charge is 0.456 e. The van der Waals surface area contributed by atoms with Gasteiger partial charge in [-0.15, -0.1) is 0 Å². The second-order valence-electron chi connectivity index (χ2n) is 13.8. The second-order valence-corrected chi connectivity index (χ2v) is 13.8. The number of benzene rings is 7. The highest BCUT2D eigenvalue weighted by molar-refractivity contribution is 6.14. The van der Waals surface area contributed by atoms with Crippen LogP contribution in [0.2, 0.25) is 0 Å². The predicted octanol–water partition coefficient (Wildman–Crippen LogP) is 11.8. The van der Waals surface area contributed by atoms with Gasteiger partial charge in [0.05, 0.1) is 22.2 Å². The van der Waals surface area contributed by atoms with Gasteiger partial charge in [-0.25, -0.2) is 9.97 Å². The van der Waals surface area contributed by atoms with E-state index in [1.165, 1.54) is 43.8 Å². The van der Waals surface area contributed by atoms with Crippen LogP contribution in [0.15, 0.2) is 144 Å². The van der Waals surface area contributed by atoms with Gasteiger partial charge in [-0.1, -0.05) is 105 Å². The van der Waals surface area contributed by atoms with Gasteiger partial charge in [-0.05, 0) is 81.6 Å². The normalized spacial score (nSPS) is 13.7. The Morgan fingerprint density at radius 3 is 2.16 bits per heavy atom. The van der Waals surface area contributed by atoms with E-state index in [1.807, 2.05) is 12.1 Å². The molecular weight excluding hydrogens is 599 g/mol. The molecule has 0 atom stereocenters. The molecule has 1 aliphatic rings. The zero-order valence-electron chi connectivity index (χ0n) is 27.0. The lowest BCUT2D eigenvalue weighted by molar-refractivity contribution is 0.661. The van der Waals surface area contributed by atoms with Crippen LogP contribution in [0.25, 0.3) is 93.8 Å². The minimum Gasteiger partial charge on any atom is -0.456 e. The Hall–Kier alpha value is -6.26. The average Bonchev–Trinajstić information content (AvgIpc) is 3.75. The van der Waals surface area contributed by atoms with Crippen LogP contribution in [0, 0.1) is 0 Å². The summed E-state index contributed by atoms with van der Waals surface area (Å²) >= 11 is 0. The van der Waals surface area contributed by atoms with Crippen molar-refractivity contribution in [2.75, 3.05) is 0 Å². The fourth-order valence-corrected chi connectivity index (χ4v) is 8.44. The summed E-state index contributed by atoms with van der Waals surface area (Å²) < 4.78 is 8.44. The number of aromatic nitrogens is 3. The van der Waals surface area contributed by atoms with Crippen LogP contribution in [-0.2, 0) is 5.41 Å². The molecule has 0 amide bonds. The molecule has 0 N–H and O–H groups in total. The lowest BCUT2D eigenvalue weighted by Crippen LogP contribution is -2.15. The Morgan fingerprint density at radius 2 is 1.27 bits per heavy atom. The van der Waals surface area contributed by atoms with Gasteiger partial charge in [0.2, 0.25) is 5.95 Å². The van der Waals surface area contributed by atoms with Gasteiger partial charge < -0.3 is 4.42 Å². The Balaban J connectivity index is 1.21. The van der Waals surface area contributed by atoms with Crippen molar-refractivity contribution < 1.29 is 4.42 Å². The number of nitrogens with zero attached hydrogens (tertiary/aromatic N) is 3. The molecule has 49 heavy (non-hydrogen) atoms. The summed E-state index contributed by atoms with van der Waals surface area (Å²) in [4.78, 5) is 10.7. The molecule has 3 heterocycles. The average molecular weight is 628 g/mol. The van der Waals surface area contributed by atoms with Crippen molar-refractivity contribution in [2.24, 2.45) is 0 Å². The van der Waals surface area contributed by atoms with Crippen LogP contribution in [-0.4, -0.2) is 14.5 Å². The highest BCUT2D eigenvalue weighted by Gasteiger charge is 2.37. The standard InChI is InChI=1S/C45H29N3O/c1-45(2)35-21-19-26-11-3-4-12-28(26)42(35)34-24-32-29-13-6-9-17-38(29)48(39(32)25-36(34)45)44-46-37-16-8-5-15-31(37)43(47-44)27-20-22-41-33(23-27)30-14-7-10-18-40(30)49-41/h3-25H,1-2H3. The Morgan fingerprint density at radius 1 is 0.531 bits per heavy atom. The van der Waals surface area contributed by atoms with Crippen molar-refractivity contribution in [1.82, 2.24) is 14.5 Å². The molecule has 11 rings (SSSR count). The van der Waals surface area contributed by atoms with Crippen molar-refractivity contribution in [3.63, 3.8) is 0 Å². The first-order valence-corrected chi connectivity index (χ1v) is 16.8. The summed E-state index contributed by atoms with van der Waals surface area (Å²) in [6, 6.07) is 49.8. The first-order valence-electron chi connectivity index (χ1n) is 16.8. The van der Waals surface area contributed by atoms with Gasteiger partial charge >= 0.3 is 0 Å². The molecule has 0 unspecified atom stereocenters. The molecular formula is C45H29N3O. The fraction of sp³-hybridized carbons (Fsp3) is 0.0667. The lowest BCUT2D eigenvalue weighted by Gasteiger charge is -2.22. The topological polar surface area (TPSA) is 43.9 Å². The third-order valence-corrected chi connectivity index (χ3v) is 10.8. The molecule has 0 spiro atoms. The minimum atomic E-state index is -0.164. The monoisotopic (exact) mass is 627 g/mol. The third kappa shape index (κ3) is 3.58. The van der Waals surface area contributed by atoms with E-state index in [0.29, 0.717) is 5.95 Å². The van der Waals surface area contributed by atoms with Gasteiger partial charge in [0.1, 0.15) is 11.2 Å². The Bertz CT molecular complexity index is 3030. The van der Waals surface area contributed by atoms with Crippen LogP contribution in [0.1, 0.15) is 25.0 Å². The first-order chi connectivity index (χ1) is 24.0. The van der Waals surface area contributed by atoms with E-state index in [-0.39, 0.29) is 5.41 Å². The lowest BCUT2D eigenvalue weighted by atomic mass is 9.82. The summed E-state index contributed by atoms with van der Waals surface area (Å²) in [6.07, 6.45) is 0. The molecule has 10 aromatic rings. The summed E-state index contributed by atoms with van der Waals surface area (Å²) in [5.74, 6) is 0.663. The number of fused-ring (bicyclic) bond motifs is 12. The van der Waals surface area contributed by atoms with Gasteiger partial charge in [0, 0.05) is 37.9 Å². The molecule has 0 bridgehead atoms. The summed E-state index contributed by atoms with van der Waals surface area (Å²) in [5.41, 5.74) is 12.0. The number of para-hydroxylation sites is 3. The van der Waals surface area contributed by atoms with Crippen molar-refractivity contribution >= 4 is 65.4 Å². The smallest absolute Gasteiger partial charge is 0.235 e. The van der Waals surface area contributed by atoms with Gasteiger partial charge in [0.15, 0.2) is 0 Å². The minimum absolute atomic E-state index is 0.164. The van der Waals surface area contributed by atoms with Crippen molar-refractivity contribution in [3.8, 4) is 28.3 Å². The van der Waals surface area contributed by atoms with E-state index in [1.54, 1.807) is 0 Å². The van der Waals surface area contributed by atoms with Gasteiger partial charge in [-0.2, -0.15) is 0 Å². The Kier molecular flexibility index (Phi) is 5.15. The number of furan rings is 1. The molecule has 0 aliphatic heterocycles. The quantitative estimate of drug-likeness (QED) is 0.192. The van der Waals surface area contributed by atoms with E-state index in [2.05, 4.69) is 146 Å². The maximum Gasteiger partial charge on any atom is 0.235 e. The molecule has 7 aromatic carbocycles. The van der Waals surface area contributed by atoms with E-state index in [9.17, 15) is 0 Å². The molecule has 230 valence electrons. The molecule has 3 aromatic heterocycles. The number of hydrogen-bond acceptors (Lipinski definition) is 3. The highest BCUT2D eigenvalue weighted by atomic mass is 16.3. The van der Waals surface area contributed by atoms with Crippen LogP contribution in [0.4, 0.5) is 0 Å². The van der Waals surface area contributed by atoms with Crippen molar-refractivity contribution in [3.05, 3.63) is 151 Å². The van der Waals surface area contributed by atoms with Crippen LogP contribution < -0.4 is 0 Å². The maximum absolute atomic E-state index is 6.17. The fourth-order valence-electron chi connectivity index (χ4n) is 8.44. The van der Waals surface area contributed by atoms with E-state index in [0.717, 1.165) is 55.1 Å². The number of hydrogen-bond donors (Lipinski definition) is 0. The highest BCUT2D eigenvalue weighted by Crippen LogP contribution is 2.53. The molecule has 4 heteroatoms. The molecule has 4 nitrogen and oxygen atoms in total. The summed E-state index contributed by atoms with van der Waals surface area (Å²) in [5, 5.41) is 8.17. The van der Waals surface area contributed by atoms with Gasteiger partial charge in [0.25, 0.3) is 0 Å². The van der Waals surface area contributed by atoms with Gasteiger partial charge in [-0.3, -0.25) is 4.57 Å². The van der Waals surface area contributed by atoms with E-state index >= 15 is 0 Å². The van der Waals surface area contributed by atoms with Crippen LogP contribution in [0.5, 0.6) is 0 Å². The summed E-state index contributed by atoms with van der Waals surface area (Å²) in [6.45, 7) is 4.71. The molecule has 0 saturated carbocycles. The van der Waals surface area contributed by atoms with E-state index in [4.69, 9.17) is 14.4 Å². The molecule has 0 radical (unpaired) electrons. The second kappa shape index (κ2) is 9.42. The third-order valence-electron chi connectivity index (χ3n) is 10.8. The SMILES string of the molecule is CC1(C)c2cc3c(cc2-c2c1ccc1ccccc21)c1ccccc1n3-c1nc(-c2ccc3oc4ccccc4c3c2)c2ccccc2n1. The first kappa shape index (κ1) is 26.8. The van der Waals surface area contributed by atoms with Crippen molar-refractivity contribution in [1.29, 1.82) is 0 Å².